The fourth-order valence-electron chi connectivity index (χ4n) is 2.08. The summed E-state index contributed by atoms with van der Waals surface area (Å²) in [6, 6.07) is 2.24. The summed E-state index contributed by atoms with van der Waals surface area (Å²) in [6.07, 6.45) is 2.76. The van der Waals surface area contributed by atoms with Crippen LogP contribution in [0.15, 0.2) is 17.6 Å². The molecule has 5 nitrogen and oxygen atoms in total. The smallest absolute Gasteiger partial charge is 0.223 e. The van der Waals surface area contributed by atoms with E-state index in [1.165, 1.54) is 4.88 Å². The summed E-state index contributed by atoms with van der Waals surface area (Å²) in [4.78, 5) is 15.1. The predicted molar refractivity (Wildman–Crippen MR) is 85.3 cm³/mol. The number of fused-ring (bicyclic) bond motifs is 1. The van der Waals surface area contributed by atoms with E-state index in [1.54, 1.807) is 22.7 Å². The van der Waals surface area contributed by atoms with Crippen molar-refractivity contribution in [1.29, 1.82) is 0 Å². The Morgan fingerprint density at radius 1 is 1.40 bits per heavy atom. The standard InChI is InChI=1S/C13H15N5S2/c1-3-9(12-15-4-5-19-12)16-10-8-6-7(2)20-11(8)18-13(14)17-10/h4-6,9H,3H2,1-2H3,(H3,14,16,17,18). The van der Waals surface area contributed by atoms with Crippen LogP contribution in [0.3, 0.4) is 0 Å². The molecular formula is C13H15N5S2. The van der Waals surface area contributed by atoms with Gasteiger partial charge in [-0.25, -0.2) is 9.97 Å². The van der Waals surface area contributed by atoms with Crippen molar-refractivity contribution in [3.63, 3.8) is 0 Å². The molecule has 3 heterocycles. The summed E-state index contributed by atoms with van der Waals surface area (Å²) in [7, 11) is 0. The second kappa shape index (κ2) is 5.34. The first-order valence-electron chi connectivity index (χ1n) is 6.37. The lowest BCUT2D eigenvalue weighted by atomic mass is 10.2. The maximum Gasteiger partial charge on any atom is 0.223 e. The molecule has 0 aliphatic rings. The molecule has 0 radical (unpaired) electrons. The average Bonchev–Trinajstić information content (AvgIpc) is 3.04. The zero-order chi connectivity index (χ0) is 14.1. The highest BCUT2D eigenvalue weighted by molar-refractivity contribution is 7.18. The summed E-state index contributed by atoms with van der Waals surface area (Å²) >= 11 is 3.27. The van der Waals surface area contributed by atoms with Crippen molar-refractivity contribution < 1.29 is 0 Å². The van der Waals surface area contributed by atoms with Gasteiger partial charge in [-0.05, 0) is 19.4 Å². The summed E-state index contributed by atoms with van der Waals surface area (Å²) < 4.78 is 0. The molecule has 1 unspecified atom stereocenters. The lowest BCUT2D eigenvalue weighted by Gasteiger charge is -2.15. The first kappa shape index (κ1) is 13.3. The number of aryl methyl sites for hydroxylation is 1. The maximum atomic E-state index is 5.80. The third kappa shape index (κ3) is 2.46. The first-order chi connectivity index (χ1) is 9.67. The van der Waals surface area contributed by atoms with Crippen LogP contribution in [-0.4, -0.2) is 15.0 Å². The molecule has 1 atom stereocenters. The number of anilines is 2. The number of aromatic nitrogens is 3. The summed E-state index contributed by atoms with van der Waals surface area (Å²) in [5, 5.41) is 7.52. The van der Waals surface area contributed by atoms with Crippen LogP contribution in [0.4, 0.5) is 11.8 Å². The normalized spacial score (nSPS) is 12.7. The number of nitrogens with zero attached hydrogens (tertiary/aromatic N) is 3. The molecule has 3 rings (SSSR count). The SMILES string of the molecule is CCC(Nc1nc(N)nc2sc(C)cc12)c1nccs1. The van der Waals surface area contributed by atoms with Gasteiger partial charge in [0.05, 0.1) is 11.4 Å². The average molecular weight is 305 g/mol. The highest BCUT2D eigenvalue weighted by Crippen LogP contribution is 2.32. The molecule has 0 aliphatic carbocycles. The molecule has 7 heteroatoms. The zero-order valence-corrected chi connectivity index (χ0v) is 12.9. The summed E-state index contributed by atoms with van der Waals surface area (Å²) in [5.41, 5.74) is 5.80. The number of nitrogen functional groups attached to an aromatic ring is 1. The Balaban J connectivity index is 2.01. The predicted octanol–water partition coefficient (Wildman–Crippen LogP) is 3.60. The van der Waals surface area contributed by atoms with Crippen molar-refractivity contribution in [1.82, 2.24) is 15.0 Å². The topological polar surface area (TPSA) is 76.7 Å². The van der Waals surface area contributed by atoms with Crippen molar-refractivity contribution in [2.75, 3.05) is 11.1 Å². The van der Waals surface area contributed by atoms with Gasteiger partial charge in [-0.3, -0.25) is 0 Å². The van der Waals surface area contributed by atoms with Gasteiger partial charge >= 0.3 is 0 Å². The van der Waals surface area contributed by atoms with Crippen LogP contribution in [0.1, 0.15) is 29.3 Å². The Hall–Kier alpha value is -1.73. The summed E-state index contributed by atoms with van der Waals surface area (Å²) in [5.74, 6) is 1.09. The van der Waals surface area contributed by atoms with Crippen molar-refractivity contribution in [2.45, 2.75) is 26.3 Å². The summed E-state index contributed by atoms with van der Waals surface area (Å²) in [6.45, 7) is 4.18. The maximum absolute atomic E-state index is 5.80. The molecule has 104 valence electrons. The van der Waals surface area contributed by atoms with Crippen LogP contribution < -0.4 is 11.1 Å². The van der Waals surface area contributed by atoms with Gasteiger partial charge in [0.1, 0.15) is 15.7 Å². The minimum Gasteiger partial charge on any atom is -0.368 e. The van der Waals surface area contributed by atoms with Crippen molar-refractivity contribution in [3.05, 3.63) is 27.5 Å². The van der Waals surface area contributed by atoms with Gasteiger partial charge in [0, 0.05) is 16.5 Å². The number of thiazole rings is 1. The monoisotopic (exact) mass is 305 g/mol. The molecule has 0 fully saturated rings. The van der Waals surface area contributed by atoms with Crippen LogP contribution in [0.5, 0.6) is 0 Å². The Labute approximate surface area is 124 Å². The van der Waals surface area contributed by atoms with E-state index in [1.807, 2.05) is 11.6 Å². The van der Waals surface area contributed by atoms with Gasteiger partial charge in [-0.1, -0.05) is 6.92 Å². The van der Waals surface area contributed by atoms with E-state index in [2.05, 4.69) is 40.2 Å². The van der Waals surface area contributed by atoms with Gasteiger partial charge < -0.3 is 11.1 Å². The number of thiophene rings is 1. The molecule has 3 N–H and O–H groups in total. The molecule has 0 spiro atoms. The second-order valence-corrected chi connectivity index (χ2v) is 6.64. The van der Waals surface area contributed by atoms with E-state index in [9.17, 15) is 0 Å². The van der Waals surface area contributed by atoms with Crippen LogP contribution in [0, 0.1) is 6.92 Å². The van der Waals surface area contributed by atoms with E-state index in [0.29, 0.717) is 5.95 Å². The van der Waals surface area contributed by atoms with E-state index in [0.717, 1.165) is 27.5 Å². The Bertz CT molecular complexity index is 720. The minimum atomic E-state index is 0.146. The van der Waals surface area contributed by atoms with Gasteiger partial charge in [0.25, 0.3) is 0 Å². The highest BCUT2D eigenvalue weighted by Gasteiger charge is 2.16. The van der Waals surface area contributed by atoms with Gasteiger partial charge in [0.2, 0.25) is 5.95 Å². The third-order valence-electron chi connectivity index (χ3n) is 3.00. The lowest BCUT2D eigenvalue weighted by Crippen LogP contribution is -2.11. The fraction of sp³-hybridized carbons (Fsp3) is 0.308. The largest absolute Gasteiger partial charge is 0.368 e. The Morgan fingerprint density at radius 2 is 2.25 bits per heavy atom. The van der Waals surface area contributed by atoms with E-state index in [-0.39, 0.29) is 6.04 Å². The van der Waals surface area contributed by atoms with Crippen LogP contribution >= 0.6 is 22.7 Å². The Morgan fingerprint density at radius 3 is 2.95 bits per heavy atom. The van der Waals surface area contributed by atoms with E-state index in [4.69, 9.17) is 5.73 Å². The molecule has 0 aliphatic heterocycles. The molecule has 0 amide bonds. The highest BCUT2D eigenvalue weighted by atomic mass is 32.1. The van der Waals surface area contributed by atoms with Gasteiger partial charge in [0.15, 0.2) is 0 Å². The van der Waals surface area contributed by atoms with Crippen molar-refractivity contribution in [3.8, 4) is 0 Å². The second-order valence-electron chi connectivity index (χ2n) is 4.48. The van der Waals surface area contributed by atoms with E-state index >= 15 is 0 Å². The molecule has 3 aromatic heterocycles. The fourth-order valence-corrected chi connectivity index (χ4v) is 3.74. The van der Waals surface area contributed by atoms with E-state index < -0.39 is 0 Å². The quantitative estimate of drug-likeness (QED) is 0.770. The molecule has 0 bridgehead atoms. The minimum absolute atomic E-state index is 0.146. The molecule has 0 aromatic carbocycles. The molecule has 0 saturated carbocycles. The number of nitrogens with two attached hydrogens (primary N) is 1. The zero-order valence-electron chi connectivity index (χ0n) is 11.3. The third-order valence-corrected chi connectivity index (χ3v) is 4.84. The van der Waals surface area contributed by atoms with Crippen LogP contribution in [0.2, 0.25) is 0 Å². The van der Waals surface area contributed by atoms with Gasteiger partial charge in [-0.15, -0.1) is 22.7 Å². The molecule has 20 heavy (non-hydrogen) atoms. The van der Waals surface area contributed by atoms with Crippen molar-refractivity contribution >= 4 is 44.7 Å². The number of hydrogen-bond donors (Lipinski definition) is 2. The number of nitrogens with one attached hydrogen (secondary N) is 1. The lowest BCUT2D eigenvalue weighted by molar-refractivity contribution is 0.739. The number of hydrogen-bond acceptors (Lipinski definition) is 7. The van der Waals surface area contributed by atoms with Crippen LogP contribution in [-0.2, 0) is 0 Å². The molecule has 0 saturated heterocycles. The van der Waals surface area contributed by atoms with Crippen molar-refractivity contribution in [2.24, 2.45) is 0 Å². The molecular weight excluding hydrogens is 290 g/mol. The Kier molecular flexibility index (Phi) is 3.54. The molecule has 3 aromatic rings. The van der Waals surface area contributed by atoms with Gasteiger partial charge in [-0.2, -0.15) is 4.98 Å². The van der Waals surface area contributed by atoms with Crippen LogP contribution in [0.25, 0.3) is 10.2 Å². The first-order valence-corrected chi connectivity index (χ1v) is 8.06. The number of rotatable bonds is 4.